The van der Waals surface area contributed by atoms with Crippen molar-refractivity contribution < 1.29 is 14.4 Å². The largest absolute Gasteiger partial charge is 0.329 e. The van der Waals surface area contributed by atoms with Crippen molar-refractivity contribution in [2.75, 3.05) is 11.9 Å². The van der Waals surface area contributed by atoms with Crippen molar-refractivity contribution in [2.24, 2.45) is 0 Å². The predicted molar refractivity (Wildman–Crippen MR) is 123 cm³/mol. The van der Waals surface area contributed by atoms with Gasteiger partial charge in [-0.1, -0.05) is 42.0 Å². The zero-order valence-electron chi connectivity index (χ0n) is 17.1. The van der Waals surface area contributed by atoms with Crippen molar-refractivity contribution in [2.45, 2.75) is 13.8 Å². The lowest BCUT2D eigenvalue weighted by Crippen LogP contribution is -2.38. The van der Waals surface area contributed by atoms with Gasteiger partial charge in [0.15, 0.2) is 0 Å². The molecule has 31 heavy (non-hydrogen) atoms. The molecule has 1 aromatic heterocycles. The number of aryl methyl sites for hydroxylation is 2. The molecule has 4 amide bonds. The van der Waals surface area contributed by atoms with Gasteiger partial charge >= 0.3 is 6.03 Å². The van der Waals surface area contributed by atoms with E-state index in [1.54, 1.807) is 12.1 Å². The first-order valence-corrected chi connectivity index (χ1v) is 10.6. The lowest BCUT2D eigenvalue weighted by molar-refractivity contribution is -0.127. The molecule has 156 valence electrons. The van der Waals surface area contributed by atoms with Gasteiger partial charge in [-0.3, -0.25) is 9.59 Å². The predicted octanol–water partition coefficient (Wildman–Crippen LogP) is 4.56. The number of urea groups is 1. The van der Waals surface area contributed by atoms with Gasteiger partial charge in [0.05, 0.1) is 0 Å². The van der Waals surface area contributed by atoms with E-state index in [-0.39, 0.29) is 12.2 Å². The van der Waals surface area contributed by atoms with Crippen molar-refractivity contribution in [1.29, 1.82) is 0 Å². The molecule has 4 rings (SSSR count). The summed E-state index contributed by atoms with van der Waals surface area (Å²) in [5, 5.41) is 7.28. The maximum Gasteiger partial charge on any atom is 0.329 e. The fraction of sp³-hybridized carbons (Fsp3) is 0.125. The normalized spacial score (nSPS) is 14.8. The minimum Gasteiger partial charge on any atom is -0.325 e. The first kappa shape index (κ1) is 20.6. The molecule has 0 bridgehead atoms. The van der Waals surface area contributed by atoms with E-state index < -0.39 is 17.8 Å². The molecule has 0 radical (unpaired) electrons. The summed E-state index contributed by atoms with van der Waals surface area (Å²) in [4.78, 5) is 39.0. The van der Waals surface area contributed by atoms with Crippen LogP contribution in [-0.2, 0) is 9.59 Å². The molecule has 1 fully saturated rings. The van der Waals surface area contributed by atoms with Crippen molar-refractivity contribution in [1.82, 2.24) is 10.2 Å². The van der Waals surface area contributed by atoms with Gasteiger partial charge in [0.25, 0.3) is 5.91 Å². The van der Waals surface area contributed by atoms with Crippen LogP contribution in [0.3, 0.4) is 0 Å². The molecule has 0 spiro atoms. The number of thiophene rings is 1. The Morgan fingerprint density at radius 2 is 1.81 bits per heavy atom. The molecule has 2 aromatic carbocycles. The maximum atomic E-state index is 12.7. The Bertz CT molecular complexity index is 1190. The summed E-state index contributed by atoms with van der Waals surface area (Å²) >= 11 is 1.48. The second-order valence-electron chi connectivity index (χ2n) is 7.40. The van der Waals surface area contributed by atoms with Gasteiger partial charge in [0.2, 0.25) is 5.91 Å². The molecule has 1 aliphatic rings. The van der Waals surface area contributed by atoms with Crippen molar-refractivity contribution in [3.8, 4) is 11.1 Å². The lowest BCUT2D eigenvalue weighted by atomic mass is 10.1. The fourth-order valence-electron chi connectivity index (χ4n) is 3.25. The van der Waals surface area contributed by atoms with E-state index >= 15 is 0 Å². The number of hydrogen-bond donors (Lipinski definition) is 2. The van der Waals surface area contributed by atoms with Crippen molar-refractivity contribution in [3.05, 3.63) is 81.7 Å². The van der Waals surface area contributed by atoms with E-state index in [4.69, 9.17) is 0 Å². The Balaban J connectivity index is 1.45. The molecule has 3 aromatic rings. The van der Waals surface area contributed by atoms with Crippen molar-refractivity contribution in [3.63, 3.8) is 0 Å². The summed E-state index contributed by atoms with van der Waals surface area (Å²) in [6.07, 6.45) is 1.64. The summed E-state index contributed by atoms with van der Waals surface area (Å²) in [5.41, 5.74) is 5.09. The number of carbonyl (C=O) groups excluding carboxylic acids is 3. The maximum absolute atomic E-state index is 12.7. The molecular weight excluding hydrogens is 410 g/mol. The molecule has 1 aliphatic heterocycles. The summed E-state index contributed by atoms with van der Waals surface area (Å²) in [5.74, 6) is -0.956. The highest BCUT2D eigenvalue weighted by Crippen LogP contribution is 2.28. The van der Waals surface area contributed by atoms with Gasteiger partial charge < -0.3 is 10.6 Å². The second-order valence-corrected chi connectivity index (χ2v) is 8.34. The number of anilines is 1. The number of benzene rings is 2. The Labute approximate surface area is 184 Å². The molecule has 0 saturated carbocycles. The Morgan fingerprint density at radius 1 is 1.03 bits per heavy atom. The van der Waals surface area contributed by atoms with Crippen LogP contribution in [0.5, 0.6) is 0 Å². The highest BCUT2D eigenvalue weighted by Gasteiger charge is 2.35. The van der Waals surface area contributed by atoms with E-state index in [0.29, 0.717) is 5.69 Å². The first-order valence-electron chi connectivity index (χ1n) is 9.76. The molecule has 6 nitrogen and oxygen atoms in total. The average molecular weight is 432 g/mol. The monoisotopic (exact) mass is 431 g/mol. The molecule has 1 saturated heterocycles. The van der Waals surface area contributed by atoms with E-state index in [0.717, 1.165) is 26.5 Å². The molecule has 0 atom stereocenters. The summed E-state index contributed by atoms with van der Waals surface area (Å²) in [6, 6.07) is 16.9. The number of nitrogens with one attached hydrogen (secondary N) is 2. The Kier molecular flexibility index (Phi) is 5.68. The zero-order valence-corrected chi connectivity index (χ0v) is 18.0. The second kappa shape index (κ2) is 8.57. The quantitative estimate of drug-likeness (QED) is 0.459. The highest BCUT2D eigenvalue weighted by molar-refractivity contribution is 7.11. The van der Waals surface area contributed by atoms with Gasteiger partial charge in [-0.15, -0.1) is 11.3 Å². The first-order chi connectivity index (χ1) is 14.9. The SMILES string of the molecule is Cc1ccc(-c2csc(/C=C3\NC(=O)N(CC(=O)Nc4cccc(C)c4)C3=O)c2)cc1. The van der Waals surface area contributed by atoms with Gasteiger partial charge in [0.1, 0.15) is 12.2 Å². The lowest BCUT2D eigenvalue weighted by Gasteiger charge is -2.12. The Morgan fingerprint density at radius 3 is 2.55 bits per heavy atom. The third-order valence-electron chi connectivity index (χ3n) is 4.86. The number of hydrogen-bond acceptors (Lipinski definition) is 4. The molecule has 7 heteroatoms. The van der Waals surface area contributed by atoms with E-state index in [1.807, 2.05) is 67.8 Å². The van der Waals surface area contributed by atoms with Gasteiger partial charge in [-0.05, 0) is 60.2 Å². The molecule has 0 aliphatic carbocycles. The van der Waals surface area contributed by atoms with E-state index in [1.165, 1.54) is 16.9 Å². The number of rotatable bonds is 5. The van der Waals surface area contributed by atoms with Crippen LogP contribution in [-0.4, -0.2) is 29.3 Å². The van der Waals surface area contributed by atoms with Gasteiger partial charge in [-0.2, -0.15) is 0 Å². The standard InChI is InChI=1S/C24H21N3O3S/c1-15-6-8-17(9-7-15)18-11-20(31-14-18)12-21-23(29)27(24(30)26-21)13-22(28)25-19-5-3-4-16(2)10-19/h3-12,14H,13H2,1-2H3,(H,25,28)(H,26,30)/b21-12-. The van der Waals surface area contributed by atoms with Gasteiger partial charge in [0, 0.05) is 10.6 Å². The van der Waals surface area contributed by atoms with Crippen LogP contribution in [0.15, 0.2) is 65.7 Å². The number of imide groups is 1. The third kappa shape index (κ3) is 4.73. The topological polar surface area (TPSA) is 78.5 Å². The van der Waals surface area contributed by atoms with Crippen LogP contribution in [0.1, 0.15) is 16.0 Å². The van der Waals surface area contributed by atoms with Crippen LogP contribution in [0.25, 0.3) is 17.2 Å². The molecule has 0 unspecified atom stereocenters. The smallest absolute Gasteiger partial charge is 0.325 e. The van der Waals surface area contributed by atoms with Crippen LogP contribution >= 0.6 is 11.3 Å². The van der Waals surface area contributed by atoms with Gasteiger partial charge in [-0.25, -0.2) is 9.69 Å². The average Bonchev–Trinajstić information content (AvgIpc) is 3.29. The fourth-order valence-corrected chi connectivity index (χ4v) is 4.10. The van der Waals surface area contributed by atoms with Crippen LogP contribution in [0.4, 0.5) is 10.5 Å². The number of carbonyl (C=O) groups is 3. The van der Waals surface area contributed by atoms with Crippen LogP contribution in [0.2, 0.25) is 0 Å². The highest BCUT2D eigenvalue weighted by atomic mass is 32.1. The Hall–Kier alpha value is -3.71. The van der Waals surface area contributed by atoms with Crippen molar-refractivity contribution >= 4 is 40.9 Å². The van der Waals surface area contributed by atoms with Crippen LogP contribution in [0, 0.1) is 13.8 Å². The minimum absolute atomic E-state index is 0.158. The number of amides is 4. The summed E-state index contributed by atoms with van der Waals surface area (Å²) in [6.45, 7) is 3.60. The summed E-state index contributed by atoms with van der Waals surface area (Å²) < 4.78 is 0. The zero-order chi connectivity index (χ0) is 22.0. The minimum atomic E-state index is -0.606. The van der Waals surface area contributed by atoms with Crippen LogP contribution < -0.4 is 10.6 Å². The summed E-state index contributed by atoms with van der Waals surface area (Å²) in [7, 11) is 0. The molecular formula is C24H21N3O3S. The van der Waals surface area contributed by atoms with E-state index in [9.17, 15) is 14.4 Å². The van der Waals surface area contributed by atoms with E-state index in [2.05, 4.69) is 10.6 Å². The molecule has 2 N–H and O–H groups in total. The number of nitrogens with zero attached hydrogens (tertiary/aromatic N) is 1. The third-order valence-corrected chi connectivity index (χ3v) is 5.74. The molecule has 2 heterocycles.